The molecular weight excluding hydrogens is 510 g/mol. The summed E-state index contributed by atoms with van der Waals surface area (Å²) < 4.78 is 5.41. The van der Waals surface area contributed by atoms with E-state index in [0.29, 0.717) is 18.0 Å². The number of para-hydroxylation sites is 1. The SMILES string of the molecule is Cc1ccccc1NC(=O)C(c1ccccc1C)N(C(=O)C(CS)NC(=O)OC(C)(C)C)C(C)CCC(C)C. The van der Waals surface area contributed by atoms with Crippen molar-refractivity contribution in [1.29, 1.82) is 0 Å². The third-order valence-electron chi connectivity index (χ3n) is 6.48. The van der Waals surface area contributed by atoms with Gasteiger partial charge < -0.3 is 20.3 Å². The van der Waals surface area contributed by atoms with E-state index in [-0.39, 0.29) is 23.6 Å². The van der Waals surface area contributed by atoms with Gasteiger partial charge in [-0.25, -0.2) is 4.79 Å². The van der Waals surface area contributed by atoms with E-state index in [2.05, 4.69) is 37.1 Å². The summed E-state index contributed by atoms with van der Waals surface area (Å²) in [6, 6.07) is 12.9. The molecule has 2 aromatic carbocycles. The van der Waals surface area contributed by atoms with Gasteiger partial charge in [0.1, 0.15) is 17.7 Å². The lowest BCUT2D eigenvalue weighted by Gasteiger charge is -2.39. The fraction of sp³-hybridized carbons (Fsp3) is 0.516. The summed E-state index contributed by atoms with van der Waals surface area (Å²) in [4.78, 5) is 42.6. The first-order valence-electron chi connectivity index (χ1n) is 13.6. The van der Waals surface area contributed by atoms with Gasteiger partial charge in [-0.1, -0.05) is 56.3 Å². The van der Waals surface area contributed by atoms with Crippen LogP contribution in [0.25, 0.3) is 0 Å². The van der Waals surface area contributed by atoms with Crippen LogP contribution in [-0.4, -0.2) is 46.2 Å². The second-order valence-electron chi connectivity index (χ2n) is 11.5. The van der Waals surface area contributed by atoms with Crippen LogP contribution in [0.15, 0.2) is 48.5 Å². The predicted molar refractivity (Wildman–Crippen MR) is 161 cm³/mol. The zero-order valence-electron chi connectivity index (χ0n) is 24.6. The second kappa shape index (κ2) is 14.4. The predicted octanol–water partition coefficient (Wildman–Crippen LogP) is 6.46. The van der Waals surface area contributed by atoms with Gasteiger partial charge in [0, 0.05) is 17.5 Å². The molecule has 2 aromatic rings. The average Bonchev–Trinajstić information content (AvgIpc) is 2.84. The Kier molecular flexibility index (Phi) is 11.9. The van der Waals surface area contributed by atoms with E-state index in [0.717, 1.165) is 23.1 Å². The normalized spacial score (nSPS) is 13.8. The molecule has 0 aliphatic heterocycles. The van der Waals surface area contributed by atoms with Gasteiger partial charge in [0.15, 0.2) is 0 Å². The molecule has 7 nitrogen and oxygen atoms in total. The number of ether oxygens (including phenoxy) is 1. The van der Waals surface area contributed by atoms with Gasteiger partial charge >= 0.3 is 6.09 Å². The summed E-state index contributed by atoms with van der Waals surface area (Å²) in [6.07, 6.45) is 0.854. The molecular formula is C31H45N3O4S. The van der Waals surface area contributed by atoms with Gasteiger partial charge in [-0.3, -0.25) is 9.59 Å². The van der Waals surface area contributed by atoms with E-state index in [1.807, 2.05) is 69.3 Å². The molecule has 0 fully saturated rings. The monoisotopic (exact) mass is 555 g/mol. The van der Waals surface area contributed by atoms with E-state index in [4.69, 9.17) is 4.74 Å². The van der Waals surface area contributed by atoms with Gasteiger partial charge in [0.05, 0.1) is 0 Å². The second-order valence-corrected chi connectivity index (χ2v) is 11.9. The molecule has 0 aliphatic rings. The lowest BCUT2D eigenvalue weighted by atomic mass is 9.94. The lowest BCUT2D eigenvalue weighted by Crippen LogP contribution is -2.55. The van der Waals surface area contributed by atoms with E-state index < -0.39 is 23.8 Å². The standard InChI is InChI=1S/C31H45N3O4S/c1-20(2)17-18-23(5)34(29(36)26(19-39)33-30(37)38-31(6,7)8)27(24-15-11-9-13-21(24)3)28(35)32-25-16-12-10-14-22(25)4/h9-16,20,23,26-27,39H,17-19H2,1-8H3,(H,32,35)(H,33,37). The van der Waals surface area contributed by atoms with Crippen molar-refractivity contribution in [3.8, 4) is 0 Å². The molecule has 0 saturated heterocycles. The quantitative estimate of drug-likeness (QED) is 0.278. The molecule has 2 N–H and O–H groups in total. The topological polar surface area (TPSA) is 87.7 Å². The Morgan fingerprint density at radius 1 is 0.923 bits per heavy atom. The molecule has 8 heteroatoms. The van der Waals surface area contributed by atoms with Crippen molar-refractivity contribution in [2.24, 2.45) is 5.92 Å². The Morgan fingerprint density at radius 3 is 2.05 bits per heavy atom. The Balaban J connectivity index is 2.59. The number of amides is 3. The maximum atomic E-state index is 14.2. The third-order valence-corrected chi connectivity index (χ3v) is 6.84. The fourth-order valence-electron chi connectivity index (χ4n) is 4.35. The van der Waals surface area contributed by atoms with Gasteiger partial charge in [-0.2, -0.15) is 12.6 Å². The largest absolute Gasteiger partial charge is 0.444 e. The van der Waals surface area contributed by atoms with E-state index in [1.54, 1.807) is 25.7 Å². The maximum absolute atomic E-state index is 14.2. The van der Waals surface area contributed by atoms with Gasteiger partial charge in [-0.15, -0.1) is 0 Å². The molecule has 39 heavy (non-hydrogen) atoms. The van der Waals surface area contributed by atoms with Crippen LogP contribution >= 0.6 is 12.6 Å². The minimum absolute atomic E-state index is 0.0470. The number of benzene rings is 2. The van der Waals surface area contributed by atoms with Crippen LogP contribution in [0.3, 0.4) is 0 Å². The van der Waals surface area contributed by atoms with Gasteiger partial charge in [0.2, 0.25) is 5.91 Å². The first-order chi connectivity index (χ1) is 18.2. The number of hydrogen-bond acceptors (Lipinski definition) is 5. The highest BCUT2D eigenvalue weighted by Crippen LogP contribution is 2.31. The molecule has 0 heterocycles. The van der Waals surface area contributed by atoms with Crippen LogP contribution in [0.4, 0.5) is 10.5 Å². The molecule has 214 valence electrons. The molecule has 0 saturated carbocycles. The van der Waals surface area contributed by atoms with Crippen molar-refractivity contribution < 1.29 is 19.1 Å². The Morgan fingerprint density at radius 2 is 1.51 bits per heavy atom. The lowest BCUT2D eigenvalue weighted by molar-refractivity contribution is -0.143. The van der Waals surface area contributed by atoms with Crippen LogP contribution in [0, 0.1) is 19.8 Å². The summed E-state index contributed by atoms with van der Waals surface area (Å²) >= 11 is 4.39. The zero-order chi connectivity index (χ0) is 29.3. The van der Waals surface area contributed by atoms with Crippen LogP contribution in [0.1, 0.15) is 77.1 Å². The number of carbonyl (C=O) groups excluding carboxylic acids is 3. The first-order valence-corrected chi connectivity index (χ1v) is 14.2. The molecule has 3 unspecified atom stereocenters. The van der Waals surface area contributed by atoms with Crippen molar-refractivity contribution in [3.63, 3.8) is 0 Å². The number of alkyl carbamates (subject to hydrolysis) is 1. The maximum Gasteiger partial charge on any atom is 0.408 e. The molecule has 0 radical (unpaired) electrons. The average molecular weight is 556 g/mol. The number of carbonyl (C=O) groups is 3. The molecule has 3 amide bonds. The summed E-state index contributed by atoms with van der Waals surface area (Å²) in [5.74, 6) is -0.243. The van der Waals surface area contributed by atoms with Crippen molar-refractivity contribution in [2.75, 3.05) is 11.1 Å². The van der Waals surface area contributed by atoms with Gasteiger partial charge in [-0.05, 0) is 83.1 Å². The number of aryl methyl sites for hydroxylation is 2. The van der Waals surface area contributed by atoms with Crippen LogP contribution in [0.2, 0.25) is 0 Å². The van der Waals surface area contributed by atoms with Crippen molar-refractivity contribution in [3.05, 3.63) is 65.2 Å². The van der Waals surface area contributed by atoms with Crippen molar-refractivity contribution >= 4 is 36.2 Å². The molecule has 2 rings (SSSR count). The molecule has 0 bridgehead atoms. The molecule has 0 aromatic heterocycles. The number of hydrogen-bond donors (Lipinski definition) is 3. The number of rotatable bonds is 11. The van der Waals surface area contributed by atoms with Crippen molar-refractivity contribution in [2.45, 2.75) is 92.0 Å². The van der Waals surface area contributed by atoms with Crippen LogP contribution in [-0.2, 0) is 14.3 Å². The molecule has 0 aliphatic carbocycles. The molecule has 0 spiro atoms. The Bertz CT molecular complexity index is 1130. The Labute approximate surface area is 239 Å². The minimum Gasteiger partial charge on any atom is -0.444 e. The number of thiol groups is 1. The smallest absolute Gasteiger partial charge is 0.408 e. The van der Waals surface area contributed by atoms with Crippen LogP contribution < -0.4 is 10.6 Å². The first kappa shape index (κ1) is 32.2. The van der Waals surface area contributed by atoms with Crippen molar-refractivity contribution in [1.82, 2.24) is 10.2 Å². The number of anilines is 1. The highest BCUT2D eigenvalue weighted by Gasteiger charge is 2.39. The van der Waals surface area contributed by atoms with Gasteiger partial charge in [0.25, 0.3) is 5.91 Å². The number of nitrogens with one attached hydrogen (secondary N) is 2. The zero-order valence-corrected chi connectivity index (χ0v) is 25.5. The van der Waals surface area contributed by atoms with E-state index in [1.165, 1.54) is 0 Å². The number of nitrogens with zero attached hydrogens (tertiary/aromatic N) is 1. The highest BCUT2D eigenvalue weighted by atomic mass is 32.1. The fourth-order valence-corrected chi connectivity index (χ4v) is 4.60. The highest BCUT2D eigenvalue weighted by molar-refractivity contribution is 7.80. The minimum atomic E-state index is -0.984. The summed E-state index contributed by atoms with van der Waals surface area (Å²) in [6.45, 7) is 15.3. The van der Waals surface area contributed by atoms with E-state index >= 15 is 0 Å². The Hall–Kier alpha value is -3.00. The summed E-state index contributed by atoms with van der Waals surface area (Å²) in [7, 11) is 0. The van der Waals surface area contributed by atoms with Crippen LogP contribution in [0.5, 0.6) is 0 Å². The van der Waals surface area contributed by atoms with E-state index in [9.17, 15) is 14.4 Å². The third kappa shape index (κ3) is 9.60. The summed E-state index contributed by atoms with van der Waals surface area (Å²) in [5.41, 5.74) is 2.48. The summed E-state index contributed by atoms with van der Waals surface area (Å²) in [5, 5.41) is 5.74. The molecule has 3 atom stereocenters.